The Bertz CT molecular complexity index is 164. The number of rotatable bonds is 5. The number of nitrogens with one attached hydrogen (secondary N) is 1. The van der Waals surface area contributed by atoms with Crippen molar-refractivity contribution in [2.45, 2.75) is 20.3 Å². The Kier molecular flexibility index (Phi) is 6.38. The molecule has 0 rings (SSSR count). The smallest absolute Gasteiger partial charge is 0.330 e. The van der Waals surface area contributed by atoms with Crippen LogP contribution >= 0.6 is 0 Å². The van der Waals surface area contributed by atoms with Crippen LogP contribution in [0.3, 0.4) is 0 Å². The molecular formula is C9H17NO2. The monoisotopic (exact) mass is 171 g/mol. The fourth-order valence-corrected chi connectivity index (χ4v) is 0.773. The molecule has 0 aromatic carbocycles. The molecule has 70 valence electrons. The van der Waals surface area contributed by atoms with E-state index in [2.05, 4.69) is 17.0 Å². The molecule has 0 radical (unpaired) electrons. The van der Waals surface area contributed by atoms with Crippen molar-refractivity contribution in [3.8, 4) is 0 Å². The van der Waals surface area contributed by atoms with Crippen LogP contribution in [-0.2, 0) is 9.53 Å². The van der Waals surface area contributed by atoms with Crippen molar-refractivity contribution in [2.24, 2.45) is 0 Å². The van der Waals surface area contributed by atoms with Gasteiger partial charge in [-0.25, -0.2) is 4.79 Å². The van der Waals surface area contributed by atoms with Crippen molar-refractivity contribution in [3.05, 3.63) is 11.6 Å². The van der Waals surface area contributed by atoms with Crippen LogP contribution in [0.1, 0.15) is 20.3 Å². The van der Waals surface area contributed by atoms with Crippen LogP contribution in [0.2, 0.25) is 0 Å². The lowest BCUT2D eigenvalue weighted by molar-refractivity contribution is -0.134. The summed E-state index contributed by atoms with van der Waals surface area (Å²) in [6, 6.07) is 0. The molecule has 0 aromatic heterocycles. The maximum absolute atomic E-state index is 10.7. The van der Waals surface area contributed by atoms with Gasteiger partial charge in [-0.3, -0.25) is 0 Å². The number of carbonyl (C=O) groups excluding carboxylic acids is 1. The molecule has 0 aliphatic rings. The third-order valence-electron chi connectivity index (χ3n) is 1.40. The Morgan fingerprint density at radius 3 is 2.75 bits per heavy atom. The fourth-order valence-electron chi connectivity index (χ4n) is 0.773. The molecule has 0 aliphatic heterocycles. The van der Waals surface area contributed by atoms with Crippen LogP contribution in [0.4, 0.5) is 0 Å². The topological polar surface area (TPSA) is 38.3 Å². The molecule has 0 saturated carbocycles. The first kappa shape index (κ1) is 11.2. The number of carbonyl (C=O) groups is 1. The number of hydrogen-bond donors (Lipinski definition) is 1. The van der Waals surface area contributed by atoms with E-state index in [1.165, 1.54) is 13.2 Å². The molecule has 12 heavy (non-hydrogen) atoms. The summed E-state index contributed by atoms with van der Waals surface area (Å²) in [4.78, 5) is 10.7. The van der Waals surface area contributed by atoms with Gasteiger partial charge in [0.25, 0.3) is 0 Å². The normalized spacial score (nSPS) is 11.4. The molecule has 0 heterocycles. The van der Waals surface area contributed by atoms with E-state index in [1.54, 1.807) is 0 Å². The molecule has 0 bridgehead atoms. The molecule has 0 aromatic rings. The van der Waals surface area contributed by atoms with Crippen molar-refractivity contribution in [1.29, 1.82) is 0 Å². The molecule has 0 unspecified atom stereocenters. The Morgan fingerprint density at radius 1 is 1.58 bits per heavy atom. The zero-order valence-corrected chi connectivity index (χ0v) is 8.02. The van der Waals surface area contributed by atoms with E-state index in [0.717, 1.165) is 25.1 Å². The van der Waals surface area contributed by atoms with Gasteiger partial charge in [0.2, 0.25) is 0 Å². The van der Waals surface area contributed by atoms with E-state index in [-0.39, 0.29) is 5.97 Å². The molecule has 1 N–H and O–H groups in total. The third-order valence-corrected chi connectivity index (χ3v) is 1.40. The molecule has 3 heteroatoms. The van der Waals surface area contributed by atoms with E-state index >= 15 is 0 Å². The molecule has 0 aliphatic carbocycles. The third kappa shape index (κ3) is 5.92. The first-order chi connectivity index (χ1) is 5.70. The summed E-state index contributed by atoms with van der Waals surface area (Å²) in [5.74, 6) is -0.286. The number of hydrogen-bond acceptors (Lipinski definition) is 3. The van der Waals surface area contributed by atoms with Crippen LogP contribution < -0.4 is 5.32 Å². The second-order valence-corrected chi connectivity index (χ2v) is 2.69. The first-order valence-corrected chi connectivity index (χ1v) is 4.16. The van der Waals surface area contributed by atoms with Crippen LogP contribution in [-0.4, -0.2) is 26.2 Å². The molecule has 0 fully saturated rings. The Hall–Kier alpha value is -0.830. The van der Waals surface area contributed by atoms with E-state index < -0.39 is 0 Å². The molecule has 0 saturated heterocycles. The van der Waals surface area contributed by atoms with Crippen LogP contribution in [0.5, 0.6) is 0 Å². The van der Waals surface area contributed by atoms with Gasteiger partial charge in [0.05, 0.1) is 7.11 Å². The lowest BCUT2D eigenvalue weighted by Gasteiger charge is -2.01. The Labute approximate surface area is 73.8 Å². The molecule has 3 nitrogen and oxygen atoms in total. The minimum atomic E-state index is -0.286. The Balaban J connectivity index is 3.62. The van der Waals surface area contributed by atoms with Gasteiger partial charge in [-0.2, -0.15) is 0 Å². The van der Waals surface area contributed by atoms with Gasteiger partial charge in [0, 0.05) is 12.6 Å². The summed E-state index contributed by atoms with van der Waals surface area (Å²) in [6.07, 6.45) is 2.61. The van der Waals surface area contributed by atoms with Gasteiger partial charge in [-0.1, -0.05) is 12.5 Å². The fraction of sp³-hybridized carbons (Fsp3) is 0.667. The SMILES string of the molecule is CCCNC/C(C)=C\C(=O)OC. The van der Waals surface area contributed by atoms with E-state index in [9.17, 15) is 4.79 Å². The highest BCUT2D eigenvalue weighted by molar-refractivity contribution is 5.82. The zero-order chi connectivity index (χ0) is 9.40. The Morgan fingerprint density at radius 2 is 2.25 bits per heavy atom. The lowest BCUT2D eigenvalue weighted by Crippen LogP contribution is -2.17. The summed E-state index contributed by atoms with van der Waals surface area (Å²) in [5, 5.41) is 3.19. The van der Waals surface area contributed by atoms with Crippen LogP contribution in [0, 0.1) is 0 Å². The van der Waals surface area contributed by atoms with Gasteiger partial charge < -0.3 is 10.1 Å². The minimum absolute atomic E-state index is 0.286. The van der Waals surface area contributed by atoms with Gasteiger partial charge >= 0.3 is 5.97 Å². The van der Waals surface area contributed by atoms with Crippen LogP contribution in [0.25, 0.3) is 0 Å². The highest BCUT2D eigenvalue weighted by Crippen LogP contribution is 1.90. The van der Waals surface area contributed by atoms with Crippen molar-refractivity contribution in [3.63, 3.8) is 0 Å². The zero-order valence-electron chi connectivity index (χ0n) is 8.02. The lowest BCUT2D eigenvalue weighted by atomic mass is 10.3. The molecular weight excluding hydrogens is 154 g/mol. The summed E-state index contributed by atoms with van der Waals surface area (Å²) < 4.78 is 4.48. The number of ether oxygens (including phenoxy) is 1. The van der Waals surface area contributed by atoms with Crippen molar-refractivity contribution in [2.75, 3.05) is 20.2 Å². The second kappa shape index (κ2) is 6.85. The number of methoxy groups -OCH3 is 1. The minimum Gasteiger partial charge on any atom is -0.466 e. The van der Waals surface area contributed by atoms with Crippen molar-refractivity contribution >= 4 is 5.97 Å². The van der Waals surface area contributed by atoms with E-state index in [0.29, 0.717) is 0 Å². The van der Waals surface area contributed by atoms with E-state index in [4.69, 9.17) is 0 Å². The highest BCUT2D eigenvalue weighted by Gasteiger charge is 1.95. The molecule has 0 amide bonds. The second-order valence-electron chi connectivity index (χ2n) is 2.69. The maximum Gasteiger partial charge on any atom is 0.330 e. The maximum atomic E-state index is 10.7. The summed E-state index contributed by atoms with van der Waals surface area (Å²) in [7, 11) is 1.38. The summed E-state index contributed by atoms with van der Waals surface area (Å²) in [6.45, 7) is 5.74. The highest BCUT2D eigenvalue weighted by atomic mass is 16.5. The van der Waals surface area contributed by atoms with Gasteiger partial charge in [-0.15, -0.1) is 0 Å². The van der Waals surface area contributed by atoms with Crippen molar-refractivity contribution in [1.82, 2.24) is 5.32 Å². The van der Waals surface area contributed by atoms with Crippen LogP contribution in [0.15, 0.2) is 11.6 Å². The van der Waals surface area contributed by atoms with Gasteiger partial charge in [0.1, 0.15) is 0 Å². The largest absolute Gasteiger partial charge is 0.466 e. The quantitative estimate of drug-likeness (QED) is 0.382. The first-order valence-electron chi connectivity index (χ1n) is 4.16. The van der Waals surface area contributed by atoms with Crippen molar-refractivity contribution < 1.29 is 9.53 Å². The number of esters is 1. The van der Waals surface area contributed by atoms with Gasteiger partial charge in [0.15, 0.2) is 0 Å². The van der Waals surface area contributed by atoms with E-state index in [1.807, 2.05) is 6.92 Å². The van der Waals surface area contributed by atoms with Gasteiger partial charge in [-0.05, 0) is 19.9 Å². The molecule has 0 atom stereocenters. The average molecular weight is 171 g/mol. The average Bonchev–Trinajstić information content (AvgIpc) is 2.05. The summed E-state index contributed by atoms with van der Waals surface area (Å²) >= 11 is 0. The standard InChI is InChI=1S/C9H17NO2/c1-4-5-10-7-8(2)6-9(11)12-3/h6,10H,4-5,7H2,1-3H3/b8-6-. The summed E-state index contributed by atoms with van der Waals surface area (Å²) in [5.41, 5.74) is 0.996. The predicted molar refractivity (Wildman–Crippen MR) is 48.9 cm³/mol. The molecule has 0 spiro atoms. The predicted octanol–water partition coefficient (Wildman–Crippen LogP) is 1.11.